The molecule has 1 aromatic heterocycles. The zero-order chi connectivity index (χ0) is 15.9. The molecule has 6 heteroatoms. The van der Waals surface area contributed by atoms with Crippen LogP contribution in [0.4, 0.5) is 4.39 Å². The topological polar surface area (TPSA) is 71.5 Å². The molecular formula is C16H18FNO4. The fourth-order valence-corrected chi connectivity index (χ4v) is 2.00. The van der Waals surface area contributed by atoms with Gasteiger partial charge in [-0.1, -0.05) is 12.1 Å². The normalized spacial score (nSPS) is 10.6. The predicted molar refractivity (Wildman–Crippen MR) is 79.8 cm³/mol. The van der Waals surface area contributed by atoms with Crippen LogP contribution in [-0.4, -0.2) is 35.9 Å². The standard InChI is InChI=1S/C16H18FNO4/c1-2-21-8-3-9-22-12-6-4-11(5-7-12)13-10-18-15(14(13)17)16(19)20/h4-7,10,18H,2-3,8-9H2,1H3,(H,19,20). The minimum Gasteiger partial charge on any atom is -0.494 e. The Balaban J connectivity index is 1.98. The molecule has 118 valence electrons. The van der Waals surface area contributed by atoms with Crippen LogP contribution in [0, 0.1) is 5.82 Å². The Bertz CT molecular complexity index is 622. The SMILES string of the molecule is CCOCCCOc1ccc(-c2c[nH]c(C(=O)O)c2F)cc1. The molecule has 0 radical (unpaired) electrons. The molecule has 0 saturated carbocycles. The highest BCUT2D eigenvalue weighted by Crippen LogP contribution is 2.26. The predicted octanol–water partition coefficient (Wildman–Crippen LogP) is 3.32. The number of benzene rings is 1. The van der Waals surface area contributed by atoms with E-state index < -0.39 is 17.5 Å². The summed E-state index contributed by atoms with van der Waals surface area (Å²) in [6.07, 6.45) is 2.14. The van der Waals surface area contributed by atoms with Crippen molar-refractivity contribution < 1.29 is 23.8 Å². The van der Waals surface area contributed by atoms with E-state index in [4.69, 9.17) is 14.6 Å². The molecule has 0 saturated heterocycles. The lowest BCUT2D eigenvalue weighted by Gasteiger charge is -2.07. The average Bonchev–Trinajstić information content (AvgIpc) is 2.89. The van der Waals surface area contributed by atoms with Crippen molar-refractivity contribution in [3.05, 3.63) is 42.0 Å². The quantitative estimate of drug-likeness (QED) is 0.734. The molecule has 0 atom stereocenters. The largest absolute Gasteiger partial charge is 0.494 e. The zero-order valence-corrected chi connectivity index (χ0v) is 12.3. The van der Waals surface area contributed by atoms with Crippen LogP contribution in [0.1, 0.15) is 23.8 Å². The number of carbonyl (C=O) groups is 1. The van der Waals surface area contributed by atoms with Crippen LogP contribution in [0.5, 0.6) is 5.75 Å². The van der Waals surface area contributed by atoms with Gasteiger partial charge in [-0.05, 0) is 24.6 Å². The van der Waals surface area contributed by atoms with E-state index in [-0.39, 0.29) is 5.56 Å². The molecule has 2 rings (SSSR count). The third-order valence-corrected chi connectivity index (χ3v) is 3.10. The number of ether oxygens (including phenoxy) is 2. The molecule has 0 bridgehead atoms. The Labute approximate surface area is 127 Å². The smallest absolute Gasteiger partial charge is 0.355 e. The van der Waals surface area contributed by atoms with Crippen molar-refractivity contribution >= 4 is 5.97 Å². The molecule has 0 aliphatic carbocycles. The lowest BCUT2D eigenvalue weighted by atomic mass is 10.1. The molecule has 0 spiro atoms. The van der Waals surface area contributed by atoms with Crippen molar-refractivity contribution in [2.75, 3.05) is 19.8 Å². The number of rotatable bonds is 8. The van der Waals surface area contributed by atoms with Gasteiger partial charge in [0.1, 0.15) is 5.75 Å². The van der Waals surface area contributed by atoms with E-state index in [0.29, 0.717) is 31.1 Å². The summed E-state index contributed by atoms with van der Waals surface area (Å²) in [7, 11) is 0. The van der Waals surface area contributed by atoms with Gasteiger partial charge in [-0.2, -0.15) is 0 Å². The van der Waals surface area contributed by atoms with Gasteiger partial charge >= 0.3 is 5.97 Å². The van der Waals surface area contributed by atoms with Gasteiger partial charge in [-0.3, -0.25) is 0 Å². The molecule has 5 nitrogen and oxygen atoms in total. The van der Waals surface area contributed by atoms with Crippen molar-refractivity contribution in [2.45, 2.75) is 13.3 Å². The van der Waals surface area contributed by atoms with Crippen LogP contribution >= 0.6 is 0 Å². The number of halogens is 1. The van der Waals surface area contributed by atoms with Gasteiger partial charge in [0.2, 0.25) is 0 Å². The highest BCUT2D eigenvalue weighted by molar-refractivity contribution is 5.88. The Morgan fingerprint density at radius 3 is 2.59 bits per heavy atom. The third-order valence-electron chi connectivity index (χ3n) is 3.10. The molecule has 0 aliphatic rings. The Morgan fingerprint density at radius 2 is 2.00 bits per heavy atom. The lowest BCUT2D eigenvalue weighted by Crippen LogP contribution is -2.02. The summed E-state index contributed by atoms with van der Waals surface area (Å²) >= 11 is 0. The Hall–Kier alpha value is -2.34. The summed E-state index contributed by atoms with van der Waals surface area (Å²) in [6.45, 7) is 3.83. The third kappa shape index (κ3) is 3.85. The molecule has 2 aromatic rings. The molecule has 0 amide bonds. The number of carboxylic acid groups (broad SMARTS) is 1. The fraction of sp³-hybridized carbons (Fsp3) is 0.312. The van der Waals surface area contributed by atoms with Crippen molar-refractivity contribution in [1.82, 2.24) is 4.98 Å². The van der Waals surface area contributed by atoms with Crippen molar-refractivity contribution in [3.63, 3.8) is 0 Å². The molecule has 1 aromatic carbocycles. The number of nitrogens with one attached hydrogen (secondary N) is 1. The lowest BCUT2D eigenvalue weighted by molar-refractivity contribution is 0.0686. The summed E-state index contributed by atoms with van der Waals surface area (Å²) in [4.78, 5) is 13.2. The monoisotopic (exact) mass is 307 g/mol. The van der Waals surface area contributed by atoms with Gasteiger partial charge in [0, 0.05) is 31.4 Å². The molecule has 0 unspecified atom stereocenters. The first kappa shape index (κ1) is 16.0. The van der Waals surface area contributed by atoms with Crippen molar-refractivity contribution in [2.24, 2.45) is 0 Å². The minimum absolute atomic E-state index is 0.222. The van der Waals surface area contributed by atoms with Crippen LogP contribution in [0.2, 0.25) is 0 Å². The Kier molecular flexibility index (Phi) is 5.55. The summed E-state index contributed by atoms with van der Waals surface area (Å²) < 4.78 is 24.7. The number of hydrogen-bond donors (Lipinski definition) is 2. The molecular weight excluding hydrogens is 289 g/mol. The van der Waals surface area contributed by atoms with Crippen LogP contribution < -0.4 is 4.74 Å². The number of aromatic nitrogens is 1. The van der Waals surface area contributed by atoms with Crippen molar-refractivity contribution in [3.8, 4) is 16.9 Å². The first-order valence-corrected chi connectivity index (χ1v) is 7.04. The van der Waals surface area contributed by atoms with Gasteiger partial charge in [-0.15, -0.1) is 0 Å². The summed E-state index contributed by atoms with van der Waals surface area (Å²) in [5.74, 6) is -1.41. The number of hydrogen-bond acceptors (Lipinski definition) is 3. The highest BCUT2D eigenvalue weighted by Gasteiger charge is 2.17. The first-order chi connectivity index (χ1) is 10.6. The second-order valence-electron chi connectivity index (χ2n) is 4.62. The zero-order valence-electron chi connectivity index (χ0n) is 12.3. The summed E-state index contributed by atoms with van der Waals surface area (Å²) in [5.41, 5.74) is 0.370. The van der Waals surface area contributed by atoms with Gasteiger partial charge < -0.3 is 19.6 Å². The van der Waals surface area contributed by atoms with E-state index in [2.05, 4.69) is 4.98 Å². The first-order valence-electron chi connectivity index (χ1n) is 7.04. The Morgan fingerprint density at radius 1 is 1.27 bits per heavy atom. The van der Waals surface area contributed by atoms with Gasteiger partial charge in [0.05, 0.1) is 6.61 Å². The highest BCUT2D eigenvalue weighted by atomic mass is 19.1. The summed E-state index contributed by atoms with van der Waals surface area (Å²) in [5, 5.41) is 8.83. The van der Waals surface area contributed by atoms with Crippen LogP contribution in [-0.2, 0) is 4.74 Å². The summed E-state index contributed by atoms with van der Waals surface area (Å²) in [6, 6.07) is 6.83. The molecule has 0 aliphatic heterocycles. The van der Waals surface area contributed by atoms with E-state index >= 15 is 0 Å². The number of H-pyrrole nitrogens is 1. The van der Waals surface area contributed by atoms with E-state index in [1.807, 2.05) is 6.92 Å². The van der Waals surface area contributed by atoms with E-state index in [1.165, 1.54) is 6.20 Å². The number of aromatic carboxylic acids is 1. The van der Waals surface area contributed by atoms with Crippen molar-refractivity contribution in [1.29, 1.82) is 0 Å². The van der Waals surface area contributed by atoms with Crippen LogP contribution in [0.3, 0.4) is 0 Å². The molecule has 0 fully saturated rings. The maximum Gasteiger partial charge on any atom is 0.355 e. The van der Waals surface area contributed by atoms with Crippen LogP contribution in [0.25, 0.3) is 11.1 Å². The molecule has 2 N–H and O–H groups in total. The van der Waals surface area contributed by atoms with Gasteiger partial charge in [0.25, 0.3) is 0 Å². The second kappa shape index (κ2) is 7.61. The maximum absolute atomic E-state index is 13.9. The maximum atomic E-state index is 13.9. The van der Waals surface area contributed by atoms with Gasteiger partial charge in [0.15, 0.2) is 11.5 Å². The van der Waals surface area contributed by atoms with E-state index in [9.17, 15) is 9.18 Å². The molecule has 1 heterocycles. The second-order valence-corrected chi connectivity index (χ2v) is 4.62. The average molecular weight is 307 g/mol. The number of carboxylic acids is 1. The van der Waals surface area contributed by atoms with Gasteiger partial charge in [-0.25, -0.2) is 9.18 Å². The molecule has 22 heavy (non-hydrogen) atoms. The van der Waals surface area contributed by atoms with E-state index in [0.717, 1.165) is 6.42 Å². The van der Waals surface area contributed by atoms with Crippen LogP contribution in [0.15, 0.2) is 30.5 Å². The minimum atomic E-state index is -1.32. The fourth-order valence-electron chi connectivity index (χ4n) is 2.00. The number of aromatic amines is 1. The van der Waals surface area contributed by atoms with E-state index in [1.54, 1.807) is 24.3 Å².